The number of nitrogens with one attached hydrogen (secondary N) is 2. The maximum absolute atomic E-state index is 12.2. The fourth-order valence-electron chi connectivity index (χ4n) is 3.91. The molecule has 2 fully saturated rings. The van der Waals surface area contributed by atoms with Crippen molar-refractivity contribution in [1.29, 1.82) is 0 Å². The second-order valence-electron chi connectivity index (χ2n) is 8.18. The Bertz CT molecular complexity index is 360. The Balaban J connectivity index is 1.57. The minimum atomic E-state index is 0.253. The number of hydrogen-bond acceptors (Lipinski definition) is 4. The summed E-state index contributed by atoms with van der Waals surface area (Å²) in [7, 11) is 4.26. The Morgan fingerprint density at radius 3 is 2.67 bits per heavy atom. The van der Waals surface area contributed by atoms with Crippen molar-refractivity contribution in [2.45, 2.75) is 39.0 Å². The Kier molecular flexibility index (Phi) is 8.50. The normalized spacial score (nSPS) is 24.9. The van der Waals surface area contributed by atoms with Crippen molar-refractivity contribution in [3.8, 4) is 0 Å². The largest absolute Gasteiger partial charge is 0.356 e. The van der Waals surface area contributed by atoms with Crippen LogP contribution in [0.2, 0.25) is 0 Å². The lowest BCUT2D eigenvalue weighted by atomic mass is 9.85. The zero-order valence-corrected chi connectivity index (χ0v) is 16.0. The molecule has 0 saturated carbocycles. The minimum Gasteiger partial charge on any atom is -0.356 e. The number of likely N-dealkylation sites (N-methyl/N-ethyl adjacent to an activating group) is 1. The second-order valence-corrected chi connectivity index (χ2v) is 8.18. The average molecular weight is 339 g/mol. The third kappa shape index (κ3) is 7.08. The molecule has 24 heavy (non-hydrogen) atoms. The van der Waals surface area contributed by atoms with Crippen LogP contribution in [0.4, 0.5) is 0 Å². The van der Waals surface area contributed by atoms with Crippen molar-refractivity contribution < 1.29 is 4.79 Å². The molecule has 0 aliphatic carbocycles. The number of piperidine rings is 2. The van der Waals surface area contributed by atoms with E-state index in [1.165, 1.54) is 45.3 Å². The van der Waals surface area contributed by atoms with Gasteiger partial charge in [-0.25, -0.2) is 0 Å². The number of rotatable bonds is 8. The number of nitrogens with zero attached hydrogens (tertiary/aromatic N) is 2. The first kappa shape index (κ1) is 19.7. The van der Waals surface area contributed by atoms with Gasteiger partial charge in [0.05, 0.1) is 0 Å². The van der Waals surface area contributed by atoms with E-state index < -0.39 is 0 Å². The number of likely N-dealkylation sites (tertiary alicyclic amines) is 1. The van der Waals surface area contributed by atoms with Gasteiger partial charge in [-0.3, -0.25) is 4.79 Å². The van der Waals surface area contributed by atoms with Gasteiger partial charge in [-0.2, -0.15) is 0 Å². The van der Waals surface area contributed by atoms with Crippen molar-refractivity contribution in [3.63, 3.8) is 0 Å². The summed E-state index contributed by atoms with van der Waals surface area (Å²) >= 11 is 0. The van der Waals surface area contributed by atoms with Crippen LogP contribution in [0, 0.1) is 17.8 Å². The van der Waals surface area contributed by atoms with E-state index in [1.54, 1.807) is 0 Å². The molecule has 2 aliphatic heterocycles. The van der Waals surface area contributed by atoms with Crippen LogP contribution >= 0.6 is 0 Å². The summed E-state index contributed by atoms with van der Waals surface area (Å²) in [5.74, 6) is 2.08. The van der Waals surface area contributed by atoms with Gasteiger partial charge in [0.2, 0.25) is 5.91 Å². The SMILES string of the molecule is CC(CC(=O)NCC1CCN(CCN(C)C)CC1)C1CCCNC1. The highest BCUT2D eigenvalue weighted by molar-refractivity contribution is 5.76. The van der Waals surface area contributed by atoms with Gasteiger partial charge in [-0.1, -0.05) is 6.92 Å². The molecule has 1 amide bonds. The summed E-state index contributed by atoms with van der Waals surface area (Å²) in [4.78, 5) is 17.0. The molecule has 0 aromatic carbocycles. The van der Waals surface area contributed by atoms with E-state index in [0.29, 0.717) is 24.2 Å². The fraction of sp³-hybridized carbons (Fsp3) is 0.947. The summed E-state index contributed by atoms with van der Waals surface area (Å²) < 4.78 is 0. The molecule has 5 heteroatoms. The number of hydrogen-bond donors (Lipinski definition) is 2. The summed E-state index contributed by atoms with van der Waals surface area (Å²) in [6.45, 7) is 9.99. The van der Waals surface area contributed by atoms with E-state index in [2.05, 4.69) is 41.5 Å². The topological polar surface area (TPSA) is 47.6 Å². The lowest BCUT2D eigenvalue weighted by molar-refractivity contribution is -0.122. The van der Waals surface area contributed by atoms with Crippen molar-refractivity contribution >= 4 is 5.91 Å². The van der Waals surface area contributed by atoms with Crippen LogP contribution in [0.5, 0.6) is 0 Å². The Morgan fingerprint density at radius 2 is 2.04 bits per heavy atom. The second kappa shape index (κ2) is 10.4. The van der Waals surface area contributed by atoms with Gasteiger partial charge in [0.1, 0.15) is 0 Å². The third-order valence-electron chi connectivity index (χ3n) is 5.81. The zero-order chi connectivity index (χ0) is 17.4. The van der Waals surface area contributed by atoms with E-state index in [0.717, 1.165) is 26.2 Å². The van der Waals surface area contributed by atoms with Crippen LogP contribution in [-0.4, -0.2) is 75.6 Å². The van der Waals surface area contributed by atoms with Crippen LogP contribution in [0.3, 0.4) is 0 Å². The Morgan fingerprint density at radius 1 is 1.29 bits per heavy atom. The van der Waals surface area contributed by atoms with Gasteiger partial charge in [0.25, 0.3) is 0 Å². The molecule has 140 valence electrons. The predicted molar refractivity (Wildman–Crippen MR) is 100 cm³/mol. The lowest BCUT2D eigenvalue weighted by Gasteiger charge is -2.33. The highest BCUT2D eigenvalue weighted by Gasteiger charge is 2.23. The van der Waals surface area contributed by atoms with Gasteiger partial charge in [0.15, 0.2) is 0 Å². The number of carbonyl (C=O) groups excluding carboxylic acids is 1. The van der Waals surface area contributed by atoms with Crippen LogP contribution in [0.25, 0.3) is 0 Å². The molecule has 5 nitrogen and oxygen atoms in total. The van der Waals surface area contributed by atoms with Gasteiger partial charge < -0.3 is 20.4 Å². The molecule has 0 aromatic heterocycles. The van der Waals surface area contributed by atoms with Crippen LogP contribution < -0.4 is 10.6 Å². The summed E-state index contributed by atoms with van der Waals surface area (Å²) in [5, 5.41) is 6.66. The highest BCUT2D eigenvalue weighted by Crippen LogP contribution is 2.22. The van der Waals surface area contributed by atoms with Crippen LogP contribution in [0.1, 0.15) is 39.0 Å². The summed E-state index contributed by atoms with van der Waals surface area (Å²) in [6.07, 6.45) is 5.65. The third-order valence-corrected chi connectivity index (χ3v) is 5.81. The number of amides is 1. The van der Waals surface area contributed by atoms with Crippen molar-refractivity contribution in [1.82, 2.24) is 20.4 Å². The molecule has 0 spiro atoms. The molecule has 0 radical (unpaired) electrons. The first-order valence-corrected chi connectivity index (χ1v) is 9.89. The zero-order valence-electron chi connectivity index (χ0n) is 16.0. The Hall–Kier alpha value is -0.650. The van der Waals surface area contributed by atoms with Crippen molar-refractivity contribution in [2.75, 3.05) is 59.9 Å². The van der Waals surface area contributed by atoms with E-state index >= 15 is 0 Å². The van der Waals surface area contributed by atoms with Gasteiger partial charge in [0, 0.05) is 26.1 Å². The first-order chi connectivity index (χ1) is 11.5. The quantitative estimate of drug-likeness (QED) is 0.702. The monoisotopic (exact) mass is 338 g/mol. The van der Waals surface area contributed by atoms with Gasteiger partial charge in [-0.15, -0.1) is 0 Å². The van der Waals surface area contributed by atoms with Gasteiger partial charge >= 0.3 is 0 Å². The molecule has 2 atom stereocenters. The molecule has 2 aliphatic rings. The van der Waals surface area contributed by atoms with Crippen LogP contribution in [0.15, 0.2) is 0 Å². The molecule has 0 aromatic rings. The smallest absolute Gasteiger partial charge is 0.220 e. The maximum atomic E-state index is 12.2. The molecule has 2 unspecified atom stereocenters. The van der Waals surface area contributed by atoms with Crippen molar-refractivity contribution in [3.05, 3.63) is 0 Å². The maximum Gasteiger partial charge on any atom is 0.220 e. The molecular weight excluding hydrogens is 300 g/mol. The standard InChI is InChI=1S/C19H38N4O/c1-16(18-5-4-8-20-15-18)13-19(24)21-14-17-6-9-23(10-7-17)12-11-22(2)3/h16-18,20H,4-15H2,1-3H3,(H,21,24). The summed E-state index contributed by atoms with van der Waals surface area (Å²) in [5.41, 5.74) is 0. The molecule has 2 N–H and O–H groups in total. The lowest BCUT2D eigenvalue weighted by Crippen LogP contribution is -2.41. The molecule has 0 bridgehead atoms. The molecule has 2 heterocycles. The van der Waals surface area contributed by atoms with Crippen molar-refractivity contribution in [2.24, 2.45) is 17.8 Å². The number of carbonyl (C=O) groups is 1. The van der Waals surface area contributed by atoms with E-state index in [-0.39, 0.29) is 5.91 Å². The van der Waals surface area contributed by atoms with E-state index in [4.69, 9.17) is 0 Å². The van der Waals surface area contributed by atoms with Crippen LogP contribution in [-0.2, 0) is 4.79 Å². The highest BCUT2D eigenvalue weighted by atomic mass is 16.1. The van der Waals surface area contributed by atoms with Gasteiger partial charge in [-0.05, 0) is 83.7 Å². The summed E-state index contributed by atoms with van der Waals surface area (Å²) in [6, 6.07) is 0. The predicted octanol–water partition coefficient (Wildman–Crippen LogP) is 1.40. The molecule has 2 rings (SSSR count). The van der Waals surface area contributed by atoms with E-state index in [1.807, 2.05) is 0 Å². The molecule has 2 saturated heterocycles. The molecular formula is C19H38N4O. The minimum absolute atomic E-state index is 0.253. The average Bonchev–Trinajstić information content (AvgIpc) is 2.59. The fourth-order valence-corrected chi connectivity index (χ4v) is 3.91. The first-order valence-electron chi connectivity index (χ1n) is 9.89. The Labute approximate surface area is 148 Å². The van der Waals surface area contributed by atoms with E-state index in [9.17, 15) is 4.79 Å².